The lowest BCUT2D eigenvalue weighted by Crippen LogP contribution is -2.37. The van der Waals surface area contributed by atoms with Gasteiger partial charge in [0.05, 0.1) is 5.69 Å². The molecule has 3 heterocycles. The maximum atomic E-state index is 12.8. The number of pyridine rings is 1. The van der Waals surface area contributed by atoms with Crippen molar-refractivity contribution in [3.8, 4) is 0 Å². The van der Waals surface area contributed by atoms with E-state index in [1.54, 1.807) is 23.5 Å². The summed E-state index contributed by atoms with van der Waals surface area (Å²) < 4.78 is 27.1. The Morgan fingerprint density at radius 2 is 2.05 bits per heavy atom. The fraction of sp³-hybridized carbons (Fsp3) is 0.643. The van der Waals surface area contributed by atoms with Crippen LogP contribution in [0.1, 0.15) is 19.3 Å². The van der Waals surface area contributed by atoms with E-state index in [4.69, 9.17) is 0 Å². The van der Waals surface area contributed by atoms with Gasteiger partial charge in [-0.2, -0.15) is 4.31 Å². The van der Waals surface area contributed by atoms with Crippen LogP contribution in [0.2, 0.25) is 0 Å². The lowest BCUT2D eigenvalue weighted by molar-refractivity contribution is 0.251. The average Bonchev–Trinajstić information content (AvgIpc) is 3.17. The molecule has 0 aliphatic carbocycles. The summed E-state index contributed by atoms with van der Waals surface area (Å²) >= 11 is 0. The molecular weight excluding hydrogens is 288 g/mol. The SMILES string of the molecule is CNc1cccnc1S(=O)(=O)N1CCC(N2CCCC2)C1. The number of rotatable bonds is 4. The highest BCUT2D eigenvalue weighted by molar-refractivity contribution is 7.89. The Bertz CT molecular complexity index is 599. The molecule has 1 N–H and O–H groups in total. The quantitative estimate of drug-likeness (QED) is 0.898. The highest BCUT2D eigenvalue weighted by Crippen LogP contribution is 2.27. The molecule has 1 unspecified atom stereocenters. The average molecular weight is 310 g/mol. The second-order valence-electron chi connectivity index (χ2n) is 5.65. The Morgan fingerprint density at radius 1 is 1.29 bits per heavy atom. The minimum absolute atomic E-state index is 0.134. The van der Waals surface area contributed by atoms with Crippen LogP contribution in [-0.2, 0) is 10.0 Å². The Labute approximate surface area is 126 Å². The summed E-state index contributed by atoms with van der Waals surface area (Å²) in [7, 11) is -1.80. The Hall–Kier alpha value is -1.18. The first kappa shape index (κ1) is 14.7. The van der Waals surface area contributed by atoms with Gasteiger partial charge in [0.25, 0.3) is 10.0 Å². The summed E-state index contributed by atoms with van der Waals surface area (Å²) in [5, 5.41) is 3.05. The summed E-state index contributed by atoms with van der Waals surface area (Å²) in [5.41, 5.74) is 0.558. The highest BCUT2D eigenvalue weighted by Gasteiger charge is 2.37. The normalized spacial score (nSPS) is 24.5. The van der Waals surface area contributed by atoms with E-state index in [1.165, 1.54) is 19.0 Å². The number of nitrogens with zero attached hydrogens (tertiary/aromatic N) is 3. The Balaban J connectivity index is 1.79. The highest BCUT2D eigenvalue weighted by atomic mass is 32.2. The van der Waals surface area contributed by atoms with Crippen LogP contribution in [0.5, 0.6) is 0 Å². The lowest BCUT2D eigenvalue weighted by Gasteiger charge is -2.23. The van der Waals surface area contributed by atoms with Crippen LogP contribution in [0.25, 0.3) is 0 Å². The van der Waals surface area contributed by atoms with Crippen LogP contribution >= 0.6 is 0 Å². The molecule has 7 heteroatoms. The minimum atomic E-state index is -3.51. The van der Waals surface area contributed by atoms with Crippen LogP contribution in [0.3, 0.4) is 0 Å². The second-order valence-corrected chi connectivity index (χ2v) is 7.51. The molecule has 1 atom stereocenters. The van der Waals surface area contributed by atoms with E-state index in [0.717, 1.165) is 19.5 Å². The van der Waals surface area contributed by atoms with E-state index in [9.17, 15) is 8.42 Å². The number of hydrogen-bond donors (Lipinski definition) is 1. The number of anilines is 1. The number of likely N-dealkylation sites (tertiary alicyclic amines) is 1. The molecule has 2 aliphatic rings. The maximum Gasteiger partial charge on any atom is 0.262 e. The topological polar surface area (TPSA) is 65.5 Å². The molecule has 6 nitrogen and oxygen atoms in total. The van der Waals surface area contributed by atoms with E-state index in [0.29, 0.717) is 24.8 Å². The molecule has 0 radical (unpaired) electrons. The van der Waals surface area contributed by atoms with Gasteiger partial charge in [0, 0.05) is 32.4 Å². The molecule has 3 rings (SSSR count). The number of hydrogen-bond acceptors (Lipinski definition) is 5. The van der Waals surface area contributed by atoms with E-state index < -0.39 is 10.0 Å². The van der Waals surface area contributed by atoms with E-state index in [1.807, 2.05) is 0 Å². The lowest BCUT2D eigenvalue weighted by atomic mass is 10.2. The van der Waals surface area contributed by atoms with Gasteiger partial charge in [-0.3, -0.25) is 4.90 Å². The van der Waals surface area contributed by atoms with Crippen molar-refractivity contribution in [2.45, 2.75) is 30.3 Å². The summed E-state index contributed by atoms with van der Waals surface area (Å²) in [6.45, 7) is 3.37. The van der Waals surface area contributed by atoms with E-state index in [-0.39, 0.29) is 5.03 Å². The summed E-state index contributed by atoms with van der Waals surface area (Å²) in [6, 6.07) is 3.85. The molecule has 1 aromatic heterocycles. The zero-order chi connectivity index (χ0) is 14.9. The molecule has 0 aromatic carbocycles. The molecule has 0 saturated carbocycles. The van der Waals surface area contributed by atoms with Gasteiger partial charge >= 0.3 is 0 Å². The predicted octanol–water partition coefficient (Wildman–Crippen LogP) is 0.982. The zero-order valence-corrected chi connectivity index (χ0v) is 13.1. The third kappa shape index (κ3) is 2.77. The van der Waals surface area contributed by atoms with Crippen LogP contribution < -0.4 is 5.32 Å². The van der Waals surface area contributed by atoms with Crippen molar-refractivity contribution < 1.29 is 8.42 Å². The minimum Gasteiger partial charge on any atom is -0.386 e. The third-order valence-corrected chi connectivity index (χ3v) is 6.23. The Kier molecular flexibility index (Phi) is 4.14. The van der Waals surface area contributed by atoms with Crippen LogP contribution in [0.15, 0.2) is 23.4 Å². The van der Waals surface area contributed by atoms with Crippen molar-refractivity contribution in [1.82, 2.24) is 14.2 Å². The van der Waals surface area contributed by atoms with Crippen LogP contribution in [-0.4, -0.2) is 61.9 Å². The van der Waals surface area contributed by atoms with Crippen molar-refractivity contribution in [1.29, 1.82) is 0 Å². The fourth-order valence-corrected chi connectivity index (χ4v) is 4.84. The van der Waals surface area contributed by atoms with Crippen molar-refractivity contribution in [2.75, 3.05) is 38.5 Å². The van der Waals surface area contributed by atoms with Gasteiger partial charge in [0.15, 0.2) is 5.03 Å². The second kappa shape index (κ2) is 5.90. The Morgan fingerprint density at radius 3 is 2.76 bits per heavy atom. The molecule has 1 aromatic rings. The summed E-state index contributed by atoms with van der Waals surface area (Å²) in [6.07, 6.45) is 4.91. The molecule has 2 fully saturated rings. The number of aromatic nitrogens is 1. The molecule has 0 bridgehead atoms. The van der Waals surface area contributed by atoms with Crippen molar-refractivity contribution in [3.05, 3.63) is 18.3 Å². The van der Waals surface area contributed by atoms with Gasteiger partial charge in [-0.15, -0.1) is 0 Å². The first-order valence-corrected chi connectivity index (χ1v) is 8.94. The van der Waals surface area contributed by atoms with Gasteiger partial charge in [-0.05, 0) is 44.5 Å². The smallest absolute Gasteiger partial charge is 0.262 e. The first-order valence-electron chi connectivity index (χ1n) is 7.50. The molecule has 116 valence electrons. The van der Waals surface area contributed by atoms with Crippen molar-refractivity contribution in [2.24, 2.45) is 0 Å². The molecular formula is C14H22N4O2S. The van der Waals surface area contributed by atoms with Crippen molar-refractivity contribution in [3.63, 3.8) is 0 Å². The fourth-order valence-electron chi connectivity index (χ4n) is 3.24. The van der Waals surface area contributed by atoms with Crippen LogP contribution in [0.4, 0.5) is 5.69 Å². The van der Waals surface area contributed by atoms with Crippen molar-refractivity contribution >= 4 is 15.7 Å². The van der Waals surface area contributed by atoms with Gasteiger partial charge in [0.1, 0.15) is 0 Å². The summed E-state index contributed by atoms with van der Waals surface area (Å²) in [5.74, 6) is 0. The van der Waals surface area contributed by atoms with E-state index in [2.05, 4.69) is 15.2 Å². The summed E-state index contributed by atoms with van der Waals surface area (Å²) in [4.78, 5) is 6.51. The van der Waals surface area contributed by atoms with E-state index >= 15 is 0 Å². The molecule has 0 amide bonds. The molecule has 2 saturated heterocycles. The number of nitrogens with one attached hydrogen (secondary N) is 1. The predicted molar refractivity (Wildman–Crippen MR) is 81.8 cm³/mol. The zero-order valence-electron chi connectivity index (χ0n) is 12.3. The maximum absolute atomic E-state index is 12.8. The molecule has 21 heavy (non-hydrogen) atoms. The van der Waals surface area contributed by atoms with Gasteiger partial charge in [0.2, 0.25) is 0 Å². The first-order chi connectivity index (χ1) is 10.1. The van der Waals surface area contributed by atoms with Gasteiger partial charge in [-0.25, -0.2) is 13.4 Å². The third-order valence-electron chi connectivity index (χ3n) is 4.41. The molecule has 0 spiro atoms. The van der Waals surface area contributed by atoms with Gasteiger partial charge < -0.3 is 5.32 Å². The molecule has 2 aliphatic heterocycles. The monoisotopic (exact) mass is 310 g/mol. The van der Waals surface area contributed by atoms with Crippen LogP contribution in [0, 0.1) is 0 Å². The standard InChI is InChI=1S/C14H22N4O2S/c1-15-13-5-4-7-16-14(13)21(19,20)18-10-6-12(11-18)17-8-2-3-9-17/h4-5,7,12,15H,2-3,6,8-11H2,1H3. The van der Waals surface area contributed by atoms with Gasteiger partial charge in [-0.1, -0.05) is 0 Å². The number of sulfonamides is 1. The largest absolute Gasteiger partial charge is 0.386 e.